The van der Waals surface area contributed by atoms with Crippen LogP contribution in [0.2, 0.25) is 0 Å². The second kappa shape index (κ2) is 5.09. The molecule has 0 unspecified atom stereocenters. The standard InChI is InChI=1S/C9H10BrNO4/c1-6(12)5-15-9-3-7(10)2-8(4-9)11(13)14/h2-4,6,12H,5H2,1H3/t6-/m0/s1. The van der Waals surface area contributed by atoms with Gasteiger partial charge >= 0.3 is 0 Å². The number of hydrogen-bond acceptors (Lipinski definition) is 4. The Kier molecular flexibility index (Phi) is 4.05. The van der Waals surface area contributed by atoms with Crippen molar-refractivity contribution in [2.24, 2.45) is 0 Å². The van der Waals surface area contributed by atoms with E-state index in [1.165, 1.54) is 12.1 Å². The highest BCUT2D eigenvalue weighted by Crippen LogP contribution is 2.26. The summed E-state index contributed by atoms with van der Waals surface area (Å²) >= 11 is 3.14. The molecular formula is C9H10BrNO4. The first-order valence-electron chi connectivity index (χ1n) is 4.25. The Hall–Kier alpha value is -1.14. The highest BCUT2D eigenvalue weighted by Gasteiger charge is 2.09. The lowest BCUT2D eigenvalue weighted by molar-refractivity contribution is -0.385. The minimum atomic E-state index is -0.608. The van der Waals surface area contributed by atoms with Gasteiger partial charge in [0.25, 0.3) is 5.69 Å². The van der Waals surface area contributed by atoms with Crippen molar-refractivity contribution in [3.63, 3.8) is 0 Å². The predicted octanol–water partition coefficient (Wildman–Crippen LogP) is 2.12. The largest absolute Gasteiger partial charge is 0.491 e. The molecule has 0 saturated heterocycles. The van der Waals surface area contributed by atoms with Crippen LogP contribution in [0, 0.1) is 10.1 Å². The molecule has 0 radical (unpaired) electrons. The smallest absolute Gasteiger partial charge is 0.274 e. The van der Waals surface area contributed by atoms with Crippen molar-refractivity contribution >= 4 is 21.6 Å². The number of rotatable bonds is 4. The molecule has 0 amide bonds. The fraction of sp³-hybridized carbons (Fsp3) is 0.333. The van der Waals surface area contributed by atoms with E-state index in [-0.39, 0.29) is 12.3 Å². The fourth-order valence-electron chi connectivity index (χ4n) is 0.953. The van der Waals surface area contributed by atoms with Crippen LogP contribution >= 0.6 is 15.9 Å². The van der Waals surface area contributed by atoms with Crippen LogP contribution < -0.4 is 4.74 Å². The normalized spacial score (nSPS) is 12.2. The number of benzene rings is 1. The fourth-order valence-corrected chi connectivity index (χ4v) is 1.41. The van der Waals surface area contributed by atoms with Gasteiger partial charge in [-0.25, -0.2) is 0 Å². The lowest BCUT2D eigenvalue weighted by Crippen LogP contribution is -2.12. The first kappa shape index (κ1) is 11.9. The molecule has 82 valence electrons. The third-order valence-corrected chi connectivity index (χ3v) is 2.02. The van der Waals surface area contributed by atoms with Crippen LogP contribution in [0.25, 0.3) is 0 Å². The highest BCUT2D eigenvalue weighted by molar-refractivity contribution is 9.10. The second-order valence-electron chi connectivity index (χ2n) is 3.06. The summed E-state index contributed by atoms with van der Waals surface area (Å²) in [6.45, 7) is 1.68. The molecule has 1 rings (SSSR count). The van der Waals surface area contributed by atoms with Gasteiger partial charge in [0.1, 0.15) is 12.4 Å². The summed E-state index contributed by atoms with van der Waals surface area (Å²) in [4.78, 5) is 10.0. The summed E-state index contributed by atoms with van der Waals surface area (Å²) in [6, 6.07) is 4.30. The number of nitro groups is 1. The highest BCUT2D eigenvalue weighted by atomic mass is 79.9. The average Bonchev–Trinajstić information content (AvgIpc) is 2.13. The van der Waals surface area contributed by atoms with Crippen molar-refractivity contribution < 1.29 is 14.8 Å². The van der Waals surface area contributed by atoms with E-state index >= 15 is 0 Å². The van der Waals surface area contributed by atoms with E-state index in [2.05, 4.69) is 15.9 Å². The molecule has 0 spiro atoms. The molecule has 0 saturated carbocycles. The molecule has 0 aliphatic carbocycles. The molecule has 5 nitrogen and oxygen atoms in total. The van der Waals surface area contributed by atoms with Gasteiger partial charge in [0.05, 0.1) is 17.1 Å². The first-order valence-corrected chi connectivity index (χ1v) is 5.04. The number of halogens is 1. The van der Waals surface area contributed by atoms with E-state index in [1.54, 1.807) is 13.0 Å². The SMILES string of the molecule is C[C@H](O)COc1cc(Br)cc([N+](=O)[O-])c1. The Morgan fingerprint density at radius 3 is 2.80 bits per heavy atom. The van der Waals surface area contributed by atoms with Crippen molar-refractivity contribution in [3.05, 3.63) is 32.8 Å². The van der Waals surface area contributed by atoms with E-state index in [4.69, 9.17) is 9.84 Å². The van der Waals surface area contributed by atoms with E-state index in [0.717, 1.165) is 0 Å². The molecular weight excluding hydrogens is 266 g/mol. The lowest BCUT2D eigenvalue weighted by atomic mass is 10.3. The monoisotopic (exact) mass is 275 g/mol. The third kappa shape index (κ3) is 3.85. The molecule has 6 heteroatoms. The maximum atomic E-state index is 10.5. The molecule has 0 bridgehead atoms. The number of nitro benzene ring substituents is 1. The summed E-state index contributed by atoms with van der Waals surface area (Å²) < 4.78 is 5.72. The van der Waals surface area contributed by atoms with Crippen LogP contribution in [-0.2, 0) is 0 Å². The van der Waals surface area contributed by atoms with Crippen LogP contribution in [0.5, 0.6) is 5.75 Å². The molecule has 1 aromatic rings. The van der Waals surface area contributed by atoms with E-state index < -0.39 is 11.0 Å². The number of aliphatic hydroxyl groups excluding tert-OH is 1. The summed E-state index contributed by atoms with van der Waals surface area (Å²) in [5.41, 5.74) is -0.0510. The zero-order valence-corrected chi connectivity index (χ0v) is 9.60. The molecule has 0 fully saturated rings. The number of ether oxygens (including phenoxy) is 1. The second-order valence-corrected chi connectivity index (χ2v) is 3.98. The Morgan fingerprint density at radius 1 is 1.60 bits per heavy atom. The van der Waals surface area contributed by atoms with Gasteiger partial charge in [-0.2, -0.15) is 0 Å². The predicted molar refractivity (Wildman–Crippen MR) is 58.0 cm³/mol. The lowest BCUT2D eigenvalue weighted by Gasteiger charge is -2.08. The molecule has 0 aliphatic rings. The molecule has 0 aromatic heterocycles. The third-order valence-electron chi connectivity index (χ3n) is 1.56. The van der Waals surface area contributed by atoms with Crippen LogP contribution in [0.4, 0.5) is 5.69 Å². The zero-order valence-electron chi connectivity index (χ0n) is 8.01. The van der Waals surface area contributed by atoms with Crippen LogP contribution in [0.15, 0.2) is 22.7 Å². The summed E-state index contributed by atoms with van der Waals surface area (Å²) in [7, 11) is 0. The number of non-ortho nitro benzene ring substituents is 1. The minimum Gasteiger partial charge on any atom is -0.491 e. The van der Waals surface area contributed by atoms with Crippen molar-refractivity contribution in [1.82, 2.24) is 0 Å². The molecule has 15 heavy (non-hydrogen) atoms. The Balaban J connectivity index is 2.84. The summed E-state index contributed by atoms with van der Waals surface area (Å²) in [5.74, 6) is 0.358. The first-order chi connectivity index (χ1) is 6.99. The van der Waals surface area contributed by atoms with Gasteiger partial charge in [0.2, 0.25) is 0 Å². The van der Waals surface area contributed by atoms with Gasteiger partial charge in [-0.15, -0.1) is 0 Å². The van der Waals surface area contributed by atoms with Crippen molar-refractivity contribution in [2.75, 3.05) is 6.61 Å². The van der Waals surface area contributed by atoms with Crippen molar-refractivity contribution in [3.8, 4) is 5.75 Å². The topological polar surface area (TPSA) is 72.6 Å². The molecule has 0 heterocycles. The molecule has 1 atom stereocenters. The number of nitrogens with zero attached hydrogens (tertiary/aromatic N) is 1. The number of hydrogen-bond donors (Lipinski definition) is 1. The quantitative estimate of drug-likeness (QED) is 0.675. The van der Waals surface area contributed by atoms with Gasteiger partial charge in [0.15, 0.2) is 0 Å². The average molecular weight is 276 g/mol. The van der Waals surface area contributed by atoms with Crippen LogP contribution in [0.3, 0.4) is 0 Å². The van der Waals surface area contributed by atoms with Crippen molar-refractivity contribution in [1.29, 1.82) is 0 Å². The maximum Gasteiger partial charge on any atom is 0.274 e. The van der Waals surface area contributed by atoms with Crippen LogP contribution in [0.1, 0.15) is 6.92 Å². The molecule has 0 aliphatic heterocycles. The molecule has 1 aromatic carbocycles. The van der Waals surface area contributed by atoms with Crippen molar-refractivity contribution in [2.45, 2.75) is 13.0 Å². The van der Waals surface area contributed by atoms with Gasteiger partial charge < -0.3 is 9.84 Å². The minimum absolute atomic E-state index is 0.0510. The zero-order chi connectivity index (χ0) is 11.4. The summed E-state index contributed by atoms with van der Waals surface area (Å²) in [5, 5.41) is 19.5. The Bertz CT molecular complexity index is 367. The number of aliphatic hydroxyl groups is 1. The van der Waals surface area contributed by atoms with Gasteiger partial charge in [-0.3, -0.25) is 10.1 Å². The maximum absolute atomic E-state index is 10.5. The molecule has 1 N–H and O–H groups in total. The van der Waals surface area contributed by atoms with E-state index in [1.807, 2.05) is 0 Å². The van der Waals surface area contributed by atoms with Gasteiger partial charge in [-0.1, -0.05) is 15.9 Å². The summed E-state index contributed by atoms with van der Waals surface area (Å²) in [6.07, 6.45) is -0.608. The Labute approximate surface area is 95.0 Å². The Morgan fingerprint density at radius 2 is 2.27 bits per heavy atom. The van der Waals surface area contributed by atoms with Gasteiger partial charge in [0, 0.05) is 10.5 Å². The van der Waals surface area contributed by atoms with Gasteiger partial charge in [-0.05, 0) is 13.0 Å². The van der Waals surface area contributed by atoms with Crippen LogP contribution in [-0.4, -0.2) is 22.7 Å². The van der Waals surface area contributed by atoms with E-state index in [0.29, 0.717) is 10.2 Å². The van der Waals surface area contributed by atoms with E-state index in [9.17, 15) is 10.1 Å².